The van der Waals surface area contributed by atoms with Crippen LogP contribution in [0.15, 0.2) is 71.5 Å². The molecule has 42 heavy (non-hydrogen) atoms. The standard InChI is InChI=1S/C25H41F2N3O2.C9H7N/c1-11-20(25(26,27)13-3)22(21(12-2)28-14-4)19(7)29-15-18(6)30(16-17(29)5)23(31)32-24(8,9)10;1-2-8-4-3-5-9(6-8)7-10/h11,14,17-18H,4,12-13,15-16H2,1-3,5-10H3;2-6H,1H2/b20-11+,22-19+,28-21?;/t17-,18+;/m0./s1. The van der Waals surface area contributed by atoms with Crippen LogP contribution in [0.3, 0.4) is 0 Å². The molecule has 1 amide bonds. The summed E-state index contributed by atoms with van der Waals surface area (Å²) in [6.45, 7) is 24.6. The van der Waals surface area contributed by atoms with Crippen LogP contribution in [0.1, 0.15) is 86.3 Å². The van der Waals surface area contributed by atoms with Crippen LogP contribution < -0.4 is 0 Å². The van der Waals surface area contributed by atoms with Crippen LogP contribution in [0.25, 0.3) is 6.08 Å². The summed E-state index contributed by atoms with van der Waals surface area (Å²) < 4.78 is 35.5. The number of rotatable bonds is 8. The summed E-state index contributed by atoms with van der Waals surface area (Å²) in [5.74, 6) is -2.98. The number of allylic oxidation sites excluding steroid dienone is 4. The molecule has 1 aliphatic heterocycles. The topological polar surface area (TPSA) is 68.9 Å². The summed E-state index contributed by atoms with van der Waals surface area (Å²) in [6, 6.07) is 9.16. The first-order chi connectivity index (χ1) is 19.6. The molecule has 0 aromatic heterocycles. The van der Waals surface area contributed by atoms with Gasteiger partial charge in [-0.3, -0.25) is 4.99 Å². The second-order valence-electron chi connectivity index (χ2n) is 11.3. The summed E-state index contributed by atoms with van der Waals surface area (Å²) in [5.41, 5.74) is 2.84. The highest BCUT2D eigenvalue weighted by molar-refractivity contribution is 6.05. The number of carbonyl (C=O) groups is 1. The van der Waals surface area contributed by atoms with E-state index in [0.29, 0.717) is 36.4 Å². The zero-order valence-corrected chi connectivity index (χ0v) is 26.8. The van der Waals surface area contributed by atoms with Gasteiger partial charge in [0, 0.05) is 60.3 Å². The Morgan fingerprint density at radius 1 is 1.17 bits per heavy atom. The Bertz CT molecular complexity index is 1230. The number of alkyl halides is 2. The lowest BCUT2D eigenvalue weighted by Crippen LogP contribution is -2.58. The van der Waals surface area contributed by atoms with Crippen molar-refractivity contribution in [1.82, 2.24) is 9.80 Å². The van der Waals surface area contributed by atoms with E-state index in [9.17, 15) is 13.6 Å². The highest BCUT2D eigenvalue weighted by atomic mass is 19.3. The number of amides is 1. The minimum absolute atomic E-state index is 0.0191. The fraction of sp³-hybridized carbons (Fsp3) is 0.500. The molecule has 0 spiro atoms. The van der Waals surface area contributed by atoms with Gasteiger partial charge in [0.15, 0.2) is 0 Å². The molecular weight excluding hydrogens is 534 g/mol. The molecule has 1 aromatic rings. The number of nitriles is 1. The van der Waals surface area contributed by atoms with Crippen molar-refractivity contribution < 1.29 is 18.3 Å². The Labute approximate surface area is 251 Å². The van der Waals surface area contributed by atoms with Crippen molar-refractivity contribution in [3.63, 3.8) is 0 Å². The molecule has 0 radical (unpaired) electrons. The molecule has 0 bridgehead atoms. The van der Waals surface area contributed by atoms with Crippen molar-refractivity contribution in [3.8, 4) is 6.07 Å². The van der Waals surface area contributed by atoms with Crippen molar-refractivity contribution in [3.05, 3.63) is 77.7 Å². The summed E-state index contributed by atoms with van der Waals surface area (Å²) in [7, 11) is 0. The van der Waals surface area contributed by atoms with Crippen molar-refractivity contribution in [2.24, 2.45) is 4.99 Å². The number of piperazine rings is 1. The van der Waals surface area contributed by atoms with E-state index in [-0.39, 0.29) is 30.2 Å². The molecule has 8 heteroatoms. The van der Waals surface area contributed by atoms with E-state index in [2.05, 4.69) is 29.1 Å². The third-order valence-corrected chi connectivity index (χ3v) is 6.92. The van der Waals surface area contributed by atoms with Crippen LogP contribution in [0, 0.1) is 11.3 Å². The van der Waals surface area contributed by atoms with Crippen LogP contribution in [0.2, 0.25) is 0 Å². The van der Waals surface area contributed by atoms with E-state index in [4.69, 9.17) is 10.00 Å². The van der Waals surface area contributed by atoms with Gasteiger partial charge in [-0.15, -0.1) is 0 Å². The van der Waals surface area contributed by atoms with Gasteiger partial charge in [-0.2, -0.15) is 5.26 Å². The maximum atomic E-state index is 15.0. The van der Waals surface area contributed by atoms with Gasteiger partial charge in [0.1, 0.15) is 5.60 Å². The number of hydrogen-bond donors (Lipinski definition) is 0. The Balaban J connectivity index is 0.000000738. The third kappa shape index (κ3) is 9.97. The average Bonchev–Trinajstić information content (AvgIpc) is 2.94. The molecule has 6 nitrogen and oxygen atoms in total. The molecule has 2 rings (SSSR count). The van der Waals surface area contributed by atoms with Gasteiger partial charge in [-0.25, -0.2) is 13.6 Å². The van der Waals surface area contributed by atoms with E-state index in [1.165, 1.54) is 19.2 Å². The molecule has 1 heterocycles. The monoisotopic (exact) mass is 582 g/mol. The Hall–Kier alpha value is -3.73. The molecule has 1 saturated heterocycles. The van der Waals surface area contributed by atoms with Crippen molar-refractivity contribution in [2.45, 2.75) is 98.8 Å². The van der Waals surface area contributed by atoms with Crippen molar-refractivity contribution >= 4 is 17.9 Å². The van der Waals surface area contributed by atoms with Crippen LogP contribution in [-0.2, 0) is 4.74 Å². The molecule has 1 aliphatic rings. The third-order valence-electron chi connectivity index (χ3n) is 6.92. The summed E-state index contributed by atoms with van der Waals surface area (Å²) >= 11 is 0. The lowest BCUT2D eigenvalue weighted by Gasteiger charge is -2.46. The first kappa shape index (κ1) is 36.3. The molecular formula is C34H48F2N4O2. The predicted molar refractivity (Wildman–Crippen MR) is 169 cm³/mol. The zero-order chi connectivity index (χ0) is 32.3. The molecule has 230 valence electrons. The summed E-state index contributed by atoms with van der Waals surface area (Å²) in [5, 5.41) is 8.47. The van der Waals surface area contributed by atoms with E-state index in [0.717, 1.165) is 11.3 Å². The molecule has 1 fully saturated rings. The smallest absolute Gasteiger partial charge is 0.410 e. The van der Waals surface area contributed by atoms with Crippen molar-refractivity contribution in [2.75, 3.05) is 13.1 Å². The Kier molecular flexibility index (Phi) is 13.9. The van der Waals surface area contributed by atoms with Gasteiger partial charge < -0.3 is 14.5 Å². The number of benzene rings is 1. The predicted octanol–water partition coefficient (Wildman–Crippen LogP) is 8.78. The summed E-state index contributed by atoms with van der Waals surface area (Å²) in [4.78, 5) is 20.8. The van der Waals surface area contributed by atoms with Crippen LogP contribution in [0.4, 0.5) is 13.6 Å². The molecule has 1 aromatic carbocycles. The van der Waals surface area contributed by atoms with Crippen LogP contribution >= 0.6 is 0 Å². The van der Waals surface area contributed by atoms with E-state index in [1.807, 2.05) is 60.6 Å². The largest absolute Gasteiger partial charge is 0.444 e. The number of nitrogens with zero attached hydrogens (tertiary/aromatic N) is 4. The molecule has 2 atom stereocenters. The molecule has 0 saturated carbocycles. The number of ether oxygens (including phenoxy) is 1. The van der Waals surface area contributed by atoms with Gasteiger partial charge in [0.05, 0.1) is 11.6 Å². The quantitative estimate of drug-likeness (QED) is 0.227. The normalized spacial score (nSPS) is 18.7. The van der Waals surface area contributed by atoms with Crippen LogP contribution in [0.5, 0.6) is 0 Å². The number of carbonyl (C=O) groups excluding carboxylic acids is 1. The second kappa shape index (κ2) is 16.1. The first-order valence-corrected chi connectivity index (χ1v) is 14.4. The molecule has 0 unspecified atom stereocenters. The lowest BCUT2D eigenvalue weighted by atomic mass is 9.90. The number of hydrogen-bond acceptors (Lipinski definition) is 5. The minimum atomic E-state index is -2.98. The van der Waals surface area contributed by atoms with Crippen molar-refractivity contribution in [1.29, 1.82) is 5.26 Å². The molecule has 0 aliphatic carbocycles. The minimum Gasteiger partial charge on any atom is -0.444 e. The fourth-order valence-electron chi connectivity index (χ4n) is 4.78. The van der Waals surface area contributed by atoms with Gasteiger partial charge in [0.2, 0.25) is 0 Å². The Morgan fingerprint density at radius 2 is 1.76 bits per heavy atom. The van der Waals surface area contributed by atoms with E-state index in [1.54, 1.807) is 30.0 Å². The average molecular weight is 583 g/mol. The van der Waals surface area contributed by atoms with Gasteiger partial charge in [-0.1, -0.05) is 51.3 Å². The Morgan fingerprint density at radius 3 is 2.24 bits per heavy atom. The zero-order valence-electron chi connectivity index (χ0n) is 26.8. The maximum Gasteiger partial charge on any atom is 0.410 e. The number of halogens is 2. The van der Waals surface area contributed by atoms with Crippen LogP contribution in [-0.4, -0.2) is 58.3 Å². The molecule has 0 N–H and O–H groups in total. The second-order valence-corrected chi connectivity index (χ2v) is 11.3. The maximum absolute atomic E-state index is 15.0. The lowest BCUT2D eigenvalue weighted by molar-refractivity contribution is -0.00430. The fourth-order valence-corrected chi connectivity index (χ4v) is 4.78. The first-order valence-electron chi connectivity index (χ1n) is 14.4. The number of aliphatic imine (C=N–C) groups is 1. The SMILES string of the molecule is C=CN=C(CC)C(/C(=C\C)C(F)(F)CC)=C(\C)N1C[C@@H](C)N(C(=O)OC(C)(C)C)C[C@@H]1C.C=Cc1cccc(C#N)c1. The highest BCUT2D eigenvalue weighted by Gasteiger charge is 2.39. The van der Waals surface area contributed by atoms with E-state index >= 15 is 0 Å². The highest BCUT2D eigenvalue weighted by Crippen LogP contribution is 2.37. The van der Waals surface area contributed by atoms with Gasteiger partial charge >= 0.3 is 6.09 Å². The summed E-state index contributed by atoms with van der Waals surface area (Å²) in [6.07, 6.45) is 4.45. The van der Waals surface area contributed by atoms with E-state index < -0.39 is 11.5 Å². The van der Waals surface area contributed by atoms with Gasteiger partial charge in [-0.05, 0) is 72.6 Å². The van der Waals surface area contributed by atoms with Gasteiger partial charge in [0.25, 0.3) is 5.92 Å².